The summed E-state index contributed by atoms with van der Waals surface area (Å²) >= 11 is 0. The number of alkyl carbamates (subject to hydrolysis) is 1. The summed E-state index contributed by atoms with van der Waals surface area (Å²) in [6.07, 6.45) is 3.27. The molecule has 25 heavy (non-hydrogen) atoms. The molecule has 3 rings (SSSR count). The Balaban J connectivity index is 1.66. The zero-order valence-electron chi connectivity index (χ0n) is 14.6. The molecule has 2 aromatic rings. The number of rotatable bonds is 3. The van der Waals surface area contributed by atoms with E-state index in [1.165, 1.54) is 0 Å². The standard InChI is InChI=1S/C21H21NO3/c1-21(2,3)25-20(24)22-12-6-7-14-10-11-16-15-8-4-5-9-17(15)19(23)18(16)13-14/h4-11,13H,12H2,1-3H3,(H,22,24). The van der Waals surface area contributed by atoms with E-state index < -0.39 is 11.7 Å². The maximum Gasteiger partial charge on any atom is 0.407 e. The van der Waals surface area contributed by atoms with Crippen molar-refractivity contribution in [3.05, 3.63) is 65.2 Å². The normalized spacial score (nSPS) is 12.8. The number of nitrogens with one attached hydrogen (secondary N) is 1. The van der Waals surface area contributed by atoms with Gasteiger partial charge in [-0.25, -0.2) is 4.79 Å². The van der Waals surface area contributed by atoms with Gasteiger partial charge >= 0.3 is 6.09 Å². The third-order valence-electron chi connectivity index (χ3n) is 3.82. The van der Waals surface area contributed by atoms with Crippen LogP contribution < -0.4 is 5.32 Å². The Hall–Kier alpha value is -2.88. The van der Waals surface area contributed by atoms with E-state index in [9.17, 15) is 9.59 Å². The molecule has 0 atom stereocenters. The van der Waals surface area contributed by atoms with Crippen molar-refractivity contribution >= 4 is 18.0 Å². The van der Waals surface area contributed by atoms with Gasteiger partial charge in [-0.15, -0.1) is 0 Å². The van der Waals surface area contributed by atoms with Gasteiger partial charge < -0.3 is 10.1 Å². The lowest BCUT2D eigenvalue weighted by atomic mass is 10.0. The lowest BCUT2D eigenvalue weighted by molar-refractivity contribution is 0.0534. The predicted octanol–water partition coefficient (Wildman–Crippen LogP) is 4.44. The van der Waals surface area contributed by atoms with Crippen LogP contribution in [0.4, 0.5) is 4.79 Å². The SMILES string of the molecule is CC(C)(C)OC(=O)NCC=Cc1ccc2c(c1)C(=O)c1ccccc1-2. The molecule has 1 N–H and O–H groups in total. The van der Waals surface area contributed by atoms with Crippen molar-refractivity contribution in [1.82, 2.24) is 5.32 Å². The molecule has 0 saturated heterocycles. The van der Waals surface area contributed by atoms with Gasteiger partial charge in [0, 0.05) is 17.7 Å². The second-order valence-electron chi connectivity index (χ2n) is 6.96. The maximum absolute atomic E-state index is 12.5. The minimum absolute atomic E-state index is 0.0627. The van der Waals surface area contributed by atoms with Gasteiger partial charge in [0.2, 0.25) is 0 Å². The molecule has 4 nitrogen and oxygen atoms in total. The molecule has 0 aromatic heterocycles. The lowest BCUT2D eigenvalue weighted by Crippen LogP contribution is -2.32. The van der Waals surface area contributed by atoms with E-state index in [-0.39, 0.29) is 5.78 Å². The first-order valence-corrected chi connectivity index (χ1v) is 8.27. The fourth-order valence-corrected chi connectivity index (χ4v) is 2.80. The Labute approximate surface area is 147 Å². The van der Waals surface area contributed by atoms with Crippen LogP contribution in [0.3, 0.4) is 0 Å². The van der Waals surface area contributed by atoms with Crippen molar-refractivity contribution in [3.63, 3.8) is 0 Å². The summed E-state index contributed by atoms with van der Waals surface area (Å²) in [6.45, 7) is 5.83. The van der Waals surface area contributed by atoms with E-state index in [0.29, 0.717) is 6.54 Å². The van der Waals surface area contributed by atoms with Crippen LogP contribution in [0.25, 0.3) is 17.2 Å². The number of hydrogen-bond acceptors (Lipinski definition) is 3. The molecular formula is C21H21NO3. The van der Waals surface area contributed by atoms with Crippen molar-refractivity contribution in [2.45, 2.75) is 26.4 Å². The maximum atomic E-state index is 12.5. The highest BCUT2D eigenvalue weighted by Gasteiger charge is 2.25. The molecule has 1 amide bonds. The van der Waals surface area contributed by atoms with E-state index in [2.05, 4.69) is 5.32 Å². The number of hydrogen-bond donors (Lipinski definition) is 1. The van der Waals surface area contributed by atoms with Gasteiger partial charge in [0.1, 0.15) is 5.60 Å². The molecule has 0 radical (unpaired) electrons. The Kier molecular flexibility index (Phi) is 4.45. The van der Waals surface area contributed by atoms with E-state index in [1.54, 1.807) is 0 Å². The second kappa shape index (κ2) is 6.55. The number of amides is 1. The summed E-state index contributed by atoms with van der Waals surface area (Å²) in [5.74, 6) is 0.0627. The average Bonchev–Trinajstić information content (AvgIpc) is 2.83. The molecule has 128 valence electrons. The zero-order chi connectivity index (χ0) is 18.0. The van der Waals surface area contributed by atoms with Crippen LogP contribution in [0.2, 0.25) is 0 Å². The first kappa shape index (κ1) is 17.0. The molecule has 0 unspecified atom stereocenters. The fraction of sp³-hybridized carbons (Fsp3) is 0.238. The van der Waals surface area contributed by atoms with Gasteiger partial charge in [-0.2, -0.15) is 0 Å². The number of ether oxygens (including phenoxy) is 1. The van der Waals surface area contributed by atoms with Gasteiger partial charge in [-0.3, -0.25) is 4.79 Å². The smallest absolute Gasteiger partial charge is 0.407 e. The van der Waals surface area contributed by atoms with Crippen LogP contribution in [0.5, 0.6) is 0 Å². The highest BCUT2D eigenvalue weighted by Crippen LogP contribution is 2.36. The summed E-state index contributed by atoms with van der Waals surface area (Å²) in [6, 6.07) is 13.5. The third kappa shape index (κ3) is 3.79. The molecule has 0 heterocycles. The van der Waals surface area contributed by atoms with Crippen LogP contribution >= 0.6 is 0 Å². The van der Waals surface area contributed by atoms with Crippen LogP contribution in [0, 0.1) is 0 Å². The Morgan fingerprint density at radius 1 is 1.04 bits per heavy atom. The number of benzene rings is 2. The second-order valence-corrected chi connectivity index (χ2v) is 6.96. The fourth-order valence-electron chi connectivity index (χ4n) is 2.80. The molecule has 2 aromatic carbocycles. The number of ketones is 1. The molecule has 1 aliphatic rings. The average molecular weight is 335 g/mol. The largest absolute Gasteiger partial charge is 0.444 e. The highest BCUT2D eigenvalue weighted by atomic mass is 16.6. The lowest BCUT2D eigenvalue weighted by Gasteiger charge is -2.19. The van der Waals surface area contributed by atoms with Gasteiger partial charge in [0.15, 0.2) is 5.78 Å². The van der Waals surface area contributed by atoms with Crippen molar-refractivity contribution in [1.29, 1.82) is 0 Å². The Morgan fingerprint density at radius 3 is 2.44 bits per heavy atom. The summed E-state index contributed by atoms with van der Waals surface area (Å²) in [5.41, 5.74) is 3.86. The van der Waals surface area contributed by atoms with Crippen LogP contribution in [-0.2, 0) is 4.74 Å². The monoisotopic (exact) mass is 335 g/mol. The van der Waals surface area contributed by atoms with E-state index in [1.807, 2.05) is 75.4 Å². The van der Waals surface area contributed by atoms with E-state index in [4.69, 9.17) is 4.74 Å². The van der Waals surface area contributed by atoms with Crippen molar-refractivity contribution in [2.75, 3.05) is 6.54 Å². The zero-order valence-corrected chi connectivity index (χ0v) is 14.6. The Morgan fingerprint density at radius 2 is 1.72 bits per heavy atom. The first-order chi connectivity index (χ1) is 11.8. The molecular weight excluding hydrogens is 314 g/mol. The summed E-state index contributed by atoms with van der Waals surface area (Å²) in [7, 11) is 0. The third-order valence-corrected chi connectivity index (χ3v) is 3.82. The molecule has 0 saturated carbocycles. The quantitative estimate of drug-likeness (QED) is 0.770. The van der Waals surface area contributed by atoms with Crippen LogP contribution in [-0.4, -0.2) is 24.0 Å². The van der Waals surface area contributed by atoms with Gasteiger partial charge in [-0.05, 0) is 43.5 Å². The van der Waals surface area contributed by atoms with E-state index in [0.717, 1.165) is 27.8 Å². The van der Waals surface area contributed by atoms with Crippen LogP contribution in [0.1, 0.15) is 42.3 Å². The Bertz CT molecular complexity index is 860. The molecule has 0 fully saturated rings. The van der Waals surface area contributed by atoms with E-state index >= 15 is 0 Å². The molecule has 0 bridgehead atoms. The summed E-state index contributed by atoms with van der Waals surface area (Å²) in [5, 5.41) is 2.67. The molecule has 0 aliphatic heterocycles. The first-order valence-electron chi connectivity index (χ1n) is 8.27. The predicted molar refractivity (Wildman–Crippen MR) is 98.6 cm³/mol. The minimum atomic E-state index is -0.511. The molecule has 4 heteroatoms. The number of carbonyl (C=O) groups excluding carboxylic acids is 2. The van der Waals surface area contributed by atoms with Crippen molar-refractivity contribution < 1.29 is 14.3 Å². The van der Waals surface area contributed by atoms with Gasteiger partial charge in [0.05, 0.1) is 0 Å². The molecule has 1 aliphatic carbocycles. The highest BCUT2D eigenvalue weighted by molar-refractivity contribution is 6.21. The van der Waals surface area contributed by atoms with Crippen LogP contribution in [0.15, 0.2) is 48.5 Å². The summed E-state index contributed by atoms with van der Waals surface area (Å²) < 4.78 is 5.17. The summed E-state index contributed by atoms with van der Waals surface area (Å²) in [4.78, 5) is 24.1. The minimum Gasteiger partial charge on any atom is -0.444 e. The van der Waals surface area contributed by atoms with Gasteiger partial charge in [-0.1, -0.05) is 48.6 Å². The topological polar surface area (TPSA) is 55.4 Å². The van der Waals surface area contributed by atoms with Crippen molar-refractivity contribution in [3.8, 4) is 11.1 Å². The van der Waals surface area contributed by atoms with Gasteiger partial charge in [0.25, 0.3) is 0 Å². The van der Waals surface area contributed by atoms with Crippen molar-refractivity contribution in [2.24, 2.45) is 0 Å². The number of carbonyl (C=O) groups is 2. The number of fused-ring (bicyclic) bond motifs is 3. The molecule has 0 spiro atoms.